The molecule has 0 aliphatic carbocycles. The van der Waals surface area contributed by atoms with Crippen LogP contribution in [-0.4, -0.2) is 30.2 Å². The van der Waals surface area contributed by atoms with Crippen molar-refractivity contribution in [2.75, 3.05) is 13.1 Å². The number of halogens is 3. The van der Waals surface area contributed by atoms with Crippen LogP contribution in [0.5, 0.6) is 0 Å². The van der Waals surface area contributed by atoms with Gasteiger partial charge in [-0.3, -0.25) is 4.90 Å². The highest BCUT2D eigenvalue weighted by Crippen LogP contribution is 2.19. The molecule has 1 rings (SSSR count). The predicted molar refractivity (Wildman–Crippen MR) is 67.7 cm³/mol. The average molecular weight is 278 g/mol. The Bertz CT molecular complexity index is 374. The van der Waals surface area contributed by atoms with Crippen molar-refractivity contribution < 1.29 is 17.6 Å². The Kier molecular flexibility index (Phi) is 5.87. The normalized spacial score (nSPS) is 12.6. The highest BCUT2D eigenvalue weighted by atomic mass is 19.4. The Morgan fingerprint density at radius 2 is 2.05 bits per heavy atom. The van der Waals surface area contributed by atoms with Gasteiger partial charge in [0, 0.05) is 18.2 Å². The van der Waals surface area contributed by atoms with Crippen LogP contribution in [0.1, 0.15) is 32.1 Å². The van der Waals surface area contributed by atoms with E-state index in [-0.39, 0.29) is 6.54 Å². The second-order valence-electron chi connectivity index (χ2n) is 4.82. The summed E-state index contributed by atoms with van der Waals surface area (Å²) in [5.41, 5.74) is 0.805. The van der Waals surface area contributed by atoms with E-state index < -0.39 is 12.7 Å². The minimum atomic E-state index is -4.17. The van der Waals surface area contributed by atoms with Crippen molar-refractivity contribution in [3.63, 3.8) is 0 Å². The van der Waals surface area contributed by atoms with Crippen LogP contribution in [0.2, 0.25) is 0 Å². The highest BCUT2D eigenvalue weighted by molar-refractivity contribution is 5.17. The van der Waals surface area contributed by atoms with Gasteiger partial charge in [-0.1, -0.05) is 20.8 Å². The summed E-state index contributed by atoms with van der Waals surface area (Å²) < 4.78 is 42.5. The summed E-state index contributed by atoms with van der Waals surface area (Å²) in [6, 6.07) is 2.03. The molecular formula is C13H21F3N2O. The molecule has 0 unspecified atom stereocenters. The van der Waals surface area contributed by atoms with Crippen LogP contribution in [0.3, 0.4) is 0 Å². The van der Waals surface area contributed by atoms with E-state index in [0.717, 1.165) is 5.56 Å². The van der Waals surface area contributed by atoms with Gasteiger partial charge in [0.15, 0.2) is 0 Å². The lowest BCUT2D eigenvalue weighted by Gasteiger charge is -2.21. The molecule has 0 spiro atoms. The Morgan fingerprint density at radius 1 is 1.37 bits per heavy atom. The van der Waals surface area contributed by atoms with Gasteiger partial charge in [-0.2, -0.15) is 13.2 Å². The van der Waals surface area contributed by atoms with Crippen molar-refractivity contribution in [3.8, 4) is 0 Å². The zero-order valence-electron chi connectivity index (χ0n) is 11.5. The fourth-order valence-corrected chi connectivity index (χ4v) is 1.73. The van der Waals surface area contributed by atoms with Gasteiger partial charge in [0.1, 0.15) is 5.76 Å². The minimum absolute atomic E-state index is 0.252. The van der Waals surface area contributed by atoms with E-state index in [1.54, 1.807) is 13.0 Å². The average Bonchev–Trinajstić information content (AvgIpc) is 2.71. The standard InChI is InChI=1S/C13H21F3N2O/c1-4-18(9-13(14,15)16)8-11-5-6-19-12(11)7-17-10(2)3/h5-6,10,17H,4,7-9H2,1-3H3. The Balaban J connectivity index is 2.62. The first kappa shape index (κ1) is 16.0. The van der Waals surface area contributed by atoms with Crippen LogP contribution >= 0.6 is 0 Å². The maximum Gasteiger partial charge on any atom is 0.401 e. The maximum absolute atomic E-state index is 12.4. The number of nitrogens with one attached hydrogen (secondary N) is 1. The van der Waals surface area contributed by atoms with Gasteiger partial charge in [0.05, 0.1) is 19.4 Å². The highest BCUT2D eigenvalue weighted by Gasteiger charge is 2.30. The molecule has 19 heavy (non-hydrogen) atoms. The second kappa shape index (κ2) is 6.96. The lowest BCUT2D eigenvalue weighted by atomic mass is 10.2. The summed E-state index contributed by atoms with van der Waals surface area (Å²) >= 11 is 0. The van der Waals surface area contributed by atoms with Crippen molar-refractivity contribution >= 4 is 0 Å². The van der Waals surface area contributed by atoms with Gasteiger partial charge < -0.3 is 9.73 Å². The van der Waals surface area contributed by atoms with Crippen LogP contribution in [0.25, 0.3) is 0 Å². The molecule has 0 aliphatic heterocycles. The van der Waals surface area contributed by atoms with Crippen LogP contribution < -0.4 is 5.32 Å². The Hall–Kier alpha value is -1.01. The van der Waals surface area contributed by atoms with Gasteiger partial charge in [0.25, 0.3) is 0 Å². The molecule has 0 bridgehead atoms. The molecule has 1 aromatic heterocycles. The number of hydrogen-bond donors (Lipinski definition) is 1. The van der Waals surface area contributed by atoms with E-state index >= 15 is 0 Å². The maximum atomic E-state index is 12.4. The largest absolute Gasteiger partial charge is 0.468 e. The third kappa shape index (κ3) is 6.11. The molecule has 0 radical (unpaired) electrons. The van der Waals surface area contributed by atoms with Gasteiger partial charge >= 0.3 is 6.18 Å². The molecule has 6 heteroatoms. The monoisotopic (exact) mass is 278 g/mol. The predicted octanol–water partition coefficient (Wildman–Crippen LogP) is 3.16. The molecule has 3 nitrogen and oxygen atoms in total. The molecule has 1 heterocycles. The lowest BCUT2D eigenvalue weighted by molar-refractivity contribution is -0.146. The zero-order chi connectivity index (χ0) is 14.5. The van der Waals surface area contributed by atoms with E-state index in [1.807, 2.05) is 13.8 Å². The number of nitrogens with zero attached hydrogens (tertiary/aromatic N) is 1. The first-order chi connectivity index (χ1) is 8.81. The molecule has 110 valence electrons. The molecule has 0 aromatic carbocycles. The van der Waals surface area contributed by atoms with Gasteiger partial charge in [-0.05, 0) is 12.6 Å². The zero-order valence-corrected chi connectivity index (χ0v) is 11.5. The Morgan fingerprint density at radius 3 is 2.58 bits per heavy atom. The third-order valence-corrected chi connectivity index (χ3v) is 2.75. The summed E-state index contributed by atoms with van der Waals surface area (Å²) in [6.07, 6.45) is -2.65. The van der Waals surface area contributed by atoms with Gasteiger partial charge in [-0.25, -0.2) is 0 Å². The lowest BCUT2D eigenvalue weighted by Crippen LogP contribution is -2.34. The van der Waals surface area contributed by atoms with Crippen LogP contribution in [0.15, 0.2) is 16.7 Å². The summed E-state index contributed by atoms with van der Waals surface area (Å²) in [5, 5.41) is 3.19. The summed E-state index contributed by atoms with van der Waals surface area (Å²) in [7, 11) is 0. The number of alkyl halides is 3. The second-order valence-corrected chi connectivity index (χ2v) is 4.82. The molecular weight excluding hydrogens is 257 g/mol. The third-order valence-electron chi connectivity index (χ3n) is 2.75. The summed E-state index contributed by atoms with van der Waals surface area (Å²) in [6.45, 7) is 5.96. The SMILES string of the molecule is CCN(Cc1ccoc1CNC(C)C)CC(F)(F)F. The molecule has 0 saturated heterocycles. The summed E-state index contributed by atoms with van der Waals surface area (Å²) in [4.78, 5) is 1.35. The van der Waals surface area contributed by atoms with Crippen LogP contribution in [0, 0.1) is 0 Å². The fourth-order valence-electron chi connectivity index (χ4n) is 1.73. The number of furan rings is 1. The molecule has 0 saturated carbocycles. The fraction of sp³-hybridized carbons (Fsp3) is 0.692. The minimum Gasteiger partial charge on any atom is -0.468 e. The van der Waals surface area contributed by atoms with E-state index in [4.69, 9.17) is 4.42 Å². The van der Waals surface area contributed by atoms with Crippen LogP contribution in [0.4, 0.5) is 13.2 Å². The number of hydrogen-bond acceptors (Lipinski definition) is 3. The first-order valence-corrected chi connectivity index (χ1v) is 6.39. The molecule has 0 atom stereocenters. The van der Waals surface area contributed by atoms with Gasteiger partial charge in [-0.15, -0.1) is 0 Å². The quantitative estimate of drug-likeness (QED) is 0.830. The topological polar surface area (TPSA) is 28.4 Å². The van der Waals surface area contributed by atoms with Crippen molar-refractivity contribution in [1.29, 1.82) is 0 Å². The first-order valence-electron chi connectivity index (χ1n) is 6.39. The van der Waals surface area contributed by atoms with Crippen molar-refractivity contribution in [1.82, 2.24) is 10.2 Å². The van der Waals surface area contributed by atoms with Crippen molar-refractivity contribution in [2.24, 2.45) is 0 Å². The van der Waals surface area contributed by atoms with Crippen molar-refractivity contribution in [3.05, 3.63) is 23.7 Å². The Labute approximate surface area is 111 Å². The number of rotatable bonds is 7. The molecule has 1 aromatic rings. The van der Waals surface area contributed by atoms with E-state index in [2.05, 4.69) is 5.32 Å². The summed E-state index contributed by atoms with van der Waals surface area (Å²) in [5.74, 6) is 0.703. The molecule has 1 N–H and O–H groups in total. The van der Waals surface area contributed by atoms with E-state index in [1.165, 1.54) is 11.2 Å². The molecule has 0 fully saturated rings. The van der Waals surface area contributed by atoms with E-state index in [9.17, 15) is 13.2 Å². The smallest absolute Gasteiger partial charge is 0.401 e. The van der Waals surface area contributed by atoms with Crippen molar-refractivity contribution in [2.45, 2.75) is 46.1 Å². The van der Waals surface area contributed by atoms with Crippen LogP contribution in [-0.2, 0) is 13.1 Å². The molecule has 0 aliphatic rings. The molecule has 0 amide bonds. The van der Waals surface area contributed by atoms with Gasteiger partial charge in [0.2, 0.25) is 0 Å². The van der Waals surface area contributed by atoms with E-state index in [0.29, 0.717) is 24.9 Å².